The van der Waals surface area contributed by atoms with Crippen molar-refractivity contribution in [2.75, 3.05) is 6.54 Å². The number of benzene rings is 1. The van der Waals surface area contributed by atoms with Gasteiger partial charge in [0.05, 0.1) is 6.54 Å². The standard InChI is InChI=1S/C14H20F3NO/c1-9(2)18(8-14(15,16)17)11(4)12-7-10(3)5-6-13(12)19/h5-7,9,11,19H,8H2,1-4H3. The van der Waals surface area contributed by atoms with Gasteiger partial charge in [-0.25, -0.2) is 0 Å². The lowest BCUT2D eigenvalue weighted by molar-refractivity contribution is -0.154. The Morgan fingerprint density at radius 2 is 1.79 bits per heavy atom. The van der Waals surface area contributed by atoms with E-state index < -0.39 is 18.8 Å². The summed E-state index contributed by atoms with van der Waals surface area (Å²) in [6.07, 6.45) is -4.25. The summed E-state index contributed by atoms with van der Waals surface area (Å²) >= 11 is 0. The lowest BCUT2D eigenvalue weighted by atomic mass is 10.0. The van der Waals surface area contributed by atoms with Crippen LogP contribution in [0.3, 0.4) is 0 Å². The first-order chi connectivity index (χ1) is 8.61. The summed E-state index contributed by atoms with van der Waals surface area (Å²) in [6.45, 7) is 5.97. The van der Waals surface area contributed by atoms with Crippen molar-refractivity contribution in [3.63, 3.8) is 0 Å². The Hall–Kier alpha value is -1.23. The normalized spacial score (nSPS) is 14.2. The van der Waals surface area contributed by atoms with E-state index in [0.717, 1.165) is 5.56 Å². The predicted molar refractivity (Wildman–Crippen MR) is 69.2 cm³/mol. The highest BCUT2D eigenvalue weighted by Crippen LogP contribution is 2.32. The molecular formula is C14H20F3NO. The van der Waals surface area contributed by atoms with Gasteiger partial charge >= 0.3 is 6.18 Å². The molecule has 0 fully saturated rings. The molecule has 108 valence electrons. The summed E-state index contributed by atoms with van der Waals surface area (Å²) < 4.78 is 37.9. The fourth-order valence-corrected chi connectivity index (χ4v) is 2.16. The van der Waals surface area contributed by atoms with E-state index >= 15 is 0 Å². The van der Waals surface area contributed by atoms with Crippen molar-refractivity contribution in [3.8, 4) is 5.75 Å². The van der Waals surface area contributed by atoms with Gasteiger partial charge in [0.1, 0.15) is 5.75 Å². The van der Waals surface area contributed by atoms with E-state index in [4.69, 9.17) is 0 Å². The summed E-state index contributed by atoms with van der Waals surface area (Å²) in [4.78, 5) is 1.33. The van der Waals surface area contributed by atoms with E-state index in [1.165, 1.54) is 11.0 Å². The van der Waals surface area contributed by atoms with E-state index in [-0.39, 0.29) is 11.8 Å². The summed E-state index contributed by atoms with van der Waals surface area (Å²) in [6, 6.07) is 4.21. The summed E-state index contributed by atoms with van der Waals surface area (Å²) in [5.41, 5.74) is 1.44. The van der Waals surface area contributed by atoms with Crippen molar-refractivity contribution >= 4 is 0 Å². The van der Waals surface area contributed by atoms with Gasteiger partial charge in [-0.2, -0.15) is 13.2 Å². The van der Waals surface area contributed by atoms with E-state index in [2.05, 4.69) is 0 Å². The molecule has 0 heterocycles. The summed E-state index contributed by atoms with van der Waals surface area (Å²) in [5, 5.41) is 9.83. The zero-order valence-electron chi connectivity index (χ0n) is 11.6. The molecule has 0 bridgehead atoms. The number of hydrogen-bond donors (Lipinski definition) is 1. The Bertz CT molecular complexity index is 429. The topological polar surface area (TPSA) is 23.5 Å². The minimum Gasteiger partial charge on any atom is -0.508 e. The Labute approximate surface area is 111 Å². The molecule has 1 unspecified atom stereocenters. The molecule has 0 amide bonds. The van der Waals surface area contributed by atoms with Gasteiger partial charge in [0, 0.05) is 17.6 Å². The van der Waals surface area contributed by atoms with Gasteiger partial charge in [-0.1, -0.05) is 17.7 Å². The van der Waals surface area contributed by atoms with Gasteiger partial charge in [0.2, 0.25) is 0 Å². The van der Waals surface area contributed by atoms with Crippen LogP contribution in [-0.4, -0.2) is 28.8 Å². The van der Waals surface area contributed by atoms with E-state index in [1.807, 2.05) is 6.92 Å². The van der Waals surface area contributed by atoms with Gasteiger partial charge < -0.3 is 5.11 Å². The third kappa shape index (κ3) is 4.42. The Kier molecular flexibility index (Phi) is 4.85. The third-order valence-electron chi connectivity index (χ3n) is 3.16. The van der Waals surface area contributed by atoms with Crippen molar-refractivity contribution in [2.24, 2.45) is 0 Å². The maximum Gasteiger partial charge on any atom is 0.401 e. The number of halogens is 3. The first-order valence-electron chi connectivity index (χ1n) is 6.24. The van der Waals surface area contributed by atoms with Crippen molar-refractivity contribution in [1.82, 2.24) is 4.90 Å². The molecule has 0 radical (unpaired) electrons. The average molecular weight is 275 g/mol. The Balaban J connectivity index is 3.05. The molecule has 19 heavy (non-hydrogen) atoms. The van der Waals surface area contributed by atoms with Gasteiger partial charge in [0.15, 0.2) is 0 Å². The van der Waals surface area contributed by atoms with Crippen LogP contribution < -0.4 is 0 Å². The van der Waals surface area contributed by atoms with Crippen LogP contribution in [0.25, 0.3) is 0 Å². The van der Waals surface area contributed by atoms with Gasteiger partial charge in [-0.05, 0) is 33.8 Å². The van der Waals surface area contributed by atoms with Gasteiger partial charge in [-0.15, -0.1) is 0 Å². The molecule has 1 atom stereocenters. The van der Waals surface area contributed by atoms with Crippen LogP contribution >= 0.6 is 0 Å². The number of hydrogen-bond acceptors (Lipinski definition) is 2. The predicted octanol–water partition coefficient (Wildman–Crippen LogP) is 4.03. The maximum absolute atomic E-state index is 12.6. The number of rotatable bonds is 4. The first kappa shape index (κ1) is 15.8. The quantitative estimate of drug-likeness (QED) is 0.896. The van der Waals surface area contributed by atoms with Crippen LogP contribution in [0, 0.1) is 6.92 Å². The SMILES string of the molecule is Cc1ccc(O)c(C(C)N(CC(F)(F)F)C(C)C)c1. The molecule has 0 aliphatic rings. The summed E-state index contributed by atoms with van der Waals surface area (Å²) in [7, 11) is 0. The van der Waals surface area contributed by atoms with Crippen molar-refractivity contribution < 1.29 is 18.3 Å². The zero-order valence-corrected chi connectivity index (χ0v) is 11.6. The maximum atomic E-state index is 12.6. The van der Waals surface area contributed by atoms with Crippen LogP contribution in [0.15, 0.2) is 18.2 Å². The second-order valence-electron chi connectivity index (χ2n) is 5.12. The van der Waals surface area contributed by atoms with Crippen LogP contribution in [0.1, 0.15) is 37.9 Å². The average Bonchev–Trinajstić information content (AvgIpc) is 2.27. The van der Waals surface area contributed by atoms with Crippen molar-refractivity contribution in [2.45, 2.75) is 46.0 Å². The van der Waals surface area contributed by atoms with E-state index in [9.17, 15) is 18.3 Å². The zero-order chi connectivity index (χ0) is 14.8. The van der Waals surface area contributed by atoms with Crippen molar-refractivity contribution in [3.05, 3.63) is 29.3 Å². The number of phenolic OH excluding ortho intramolecular Hbond substituents is 1. The minimum absolute atomic E-state index is 0.0333. The fraction of sp³-hybridized carbons (Fsp3) is 0.571. The highest BCUT2D eigenvalue weighted by Gasteiger charge is 2.34. The highest BCUT2D eigenvalue weighted by atomic mass is 19.4. The van der Waals surface area contributed by atoms with Gasteiger partial charge in [0.25, 0.3) is 0 Å². The molecule has 1 rings (SSSR count). The second-order valence-corrected chi connectivity index (χ2v) is 5.12. The monoisotopic (exact) mass is 275 g/mol. The fourth-order valence-electron chi connectivity index (χ4n) is 2.16. The second kappa shape index (κ2) is 5.82. The largest absolute Gasteiger partial charge is 0.508 e. The van der Waals surface area contributed by atoms with E-state index in [1.54, 1.807) is 32.9 Å². The smallest absolute Gasteiger partial charge is 0.401 e. The van der Waals surface area contributed by atoms with E-state index in [0.29, 0.717) is 5.56 Å². The molecule has 0 saturated carbocycles. The minimum atomic E-state index is -4.25. The molecular weight excluding hydrogens is 255 g/mol. The Morgan fingerprint density at radius 1 is 1.21 bits per heavy atom. The Morgan fingerprint density at radius 3 is 2.26 bits per heavy atom. The molecule has 0 aliphatic carbocycles. The van der Waals surface area contributed by atoms with Crippen LogP contribution in [0.4, 0.5) is 13.2 Å². The highest BCUT2D eigenvalue weighted by molar-refractivity contribution is 5.37. The molecule has 5 heteroatoms. The molecule has 1 aromatic rings. The number of aryl methyl sites for hydroxylation is 1. The number of alkyl halides is 3. The molecule has 1 N–H and O–H groups in total. The van der Waals surface area contributed by atoms with Crippen LogP contribution in [0.5, 0.6) is 5.75 Å². The lowest BCUT2D eigenvalue weighted by Gasteiger charge is -2.34. The molecule has 0 saturated heterocycles. The molecule has 1 aromatic carbocycles. The third-order valence-corrected chi connectivity index (χ3v) is 3.16. The number of phenols is 1. The summed E-state index contributed by atoms with van der Waals surface area (Å²) in [5.74, 6) is 0.0333. The molecule has 0 spiro atoms. The molecule has 0 aromatic heterocycles. The number of aromatic hydroxyl groups is 1. The van der Waals surface area contributed by atoms with Gasteiger partial charge in [-0.3, -0.25) is 4.90 Å². The first-order valence-corrected chi connectivity index (χ1v) is 6.24. The van der Waals surface area contributed by atoms with Crippen molar-refractivity contribution in [1.29, 1.82) is 0 Å². The number of nitrogens with zero attached hydrogens (tertiary/aromatic N) is 1. The molecule has 0 aliphatic heterocycles. The molecule has 2 nitrogen and oxygen atoms in total. The van der Waals surface area contributed by atoms with Crippen LogP contribution in [0.2, 0.25) is 0 Å². The van der Waals surface area contributed by atoms with Crippen LogP contribution in [-0.2, 0) is 0 Å². The lowest BCUT2D eigenvalue weighted by Crippen LogP contribution is -2.40.